The molecule has 0 aromatic heterocycles. The van der Waals surface area contributed by atoms with Crippen molar-refractivity contribution in [3.8, 4) is 11.5 Å². The van der Waals surface area contributed by atoms with Crippen molar-refractivity contribution >= 4 is 35.2 Å². The fraction of sp³-hybridized carbons (Fsp3) is 0.120. The molecule has 0 radical (unpaired) electrons. The van der Waals surface area contributed by atoms with E-state index in [1.54, 1.807) is 12.1 Å². The fourth-order valence-corrected chi connectivity index (χ4v) is 4.30. The number of hydrogen-bond donors (Lipinski definition) is 1. The van der Waals surface area contributed by atoms with Gasteiger partial charge in [0.2, 0.25) is 5.78 Å². The number of benzene rings is 3. The molecule has 0 aliphatic carbocycles. The number of ketones is 1. The maximum absolute atomic E-state index is 12.6. The molecule has 0 unspecified atom stereocenters. The normalized spacial score (nSPS) is 13.7. The molecule has 0 fully saturated rings. The molecule has 156 valence electrons. The van der Waals surface area contributed by atoms with Gasteiger partial charge in [0.15, 0.2) is 18.1 Å². The van der Waals surface area contributed by atoms with Crippen LogP contribution in [0.4, 0.5) is 5.69 Å². The standard InChI is InChI=1S/C25H21NO4S/c1-16-6-5-7-18(12-16)26-24(27)15-30-20-11-10-17(13-21(20)29-2)14-23-25(28)19-8-3-4-9-22(19)31-23/h3-14H,15H2,1-2H3,(H,26,27)/b23-14-. The summed E-state index contributed by atoms with van der Waals surface area (Å²) in [5.74, 6) is 0.709. The van der Waals surface area contributed by atoms with Gasteiger partial charge in [-0.25, -0.2) is 0 Å². The van der Waals surface area contributed by atoms with Gasteiger partial charge in [-0.1, -0.05) is 42.1 Å². The topological polar surface area (TPSA) is 64.6 Å². The lowest BCUT2D eigenvalue weighted by atomic mass is 10.1. The maximum Gasteiger partial charge on any atom is 0.262 e. The second-order valence-electron chi connectivity index (χ2n) is 7.05. The lowest BCUT2D eigenvalue weighted by Gasteiger charge is -2.12. The van der Waals surface area contributed by atoms with Crippen LogP contribution in [0, 0.1) is 6.92 Å². The Morgan fingerprint density at radius 3 is 2.65 bits per heavy atom. The van der Waals surface area contributed by atoms with E-state index < -0.39 is 0 Å². The van der Waals surface area contributed by atoms with Gasteiger partial charge in [0, 0.05) is 16.1 Å². The second-order valence-corrected chi connectivity index (χ2v) is 8.14. The number of amides is 1. The Morgan fingerprint density at radius 2 is 1.87 bits per heavy atom. The molecule has 0 spiro atoms. The number of carbonyl (C=O) groups excluding carboxylic acids is 2. The van der Waals surface area contributed by atoms with Crippen LogP contribution in [0.3, 0.4) is 0 Å². The number of thioether (sulfide) groups is 1. The van der Waals surface area contributed by atoms with Gasteiger partial charge in [0.25, 0.3) is 5.91 Å². The number of hydrogen-bond acceptors (Lipinski definition) is 5. The predicted octanol–water partition coefficient (Wildman–Crippen LogP) is 5.35. The Bertz CT molecular complexity index is 1190. The van der Waals surface area contributed by atoms with E-state index in [-0.39, 0.29) is 18.3 Å². The average molecular weight is 432 g/mol. The summed E-state index contributed by atoms with van der Waals surface area (Å²) in [5.41, 5.74) is 3.33. The molecule has 3 aromatic rings. The van der Waals surface area contributed by atoms with Gasteiger partial charge in [-0.3, -0.25) is 9.59 Å². The largest absolute Gasteiger partial charge is 0.493 e. The number of aryl methyl sites for hydroxylation is 1. The molecule has 1 aliphatic rings. The summed E-state index contributed by atoms with van der Waals surface area (Å²) < 4.78 is 11.1. The number of ether oxygens (including phenoxy) is 2. The van der Waals surface area contributed by atoms with Crippen molar-refractivity contribution < 1.29 is 19.1 Å². The Morgan fingerprint density at radius 1 is 1.03 bits per heavy atom. The third kappa shape index (κ3) is 4.81. The summed E-state index contributed by atoms with van der Waals surface area (Å²) in [6, 6.07) is 20.5. The van der Waals surface area contributed by atoms with E-state index in [2.05, 4.69) is 5.32 Å². The first-order valence-corrected chi connectivity index (χ1v) is 10.6. The van der Waals surface area contributed by atoms with Crippen molar-refractivity contribution in [2.45, 2.75) is 11.8 Å². The number of methoxy groups -OCH3 is 1. The van der Waals surface area contributed by atoms with Crippen LogP contribution in [0.15, 0.2) is 76.5 Å². The molecule has 0 saturated carbocycles. The van der Waals surface area contributed by atoms with Gasteiger partial charge in [0.05, 0.1) is 12.0 Å². The van der Waals surface area contributed by atoms with Gasteiger partial charge in [-0.05, 0) is 60.5 Å². The van der Waals surface area contributed by atoms with Crippen LogP contribution in [0.25, 0.3) is 6.08 Å². The smallest absolute Gasteiger partial charge is 0.262 e. The van der Waals surface area contributed by atoms with E-state index in [1.807, 2.05) is 67.6 Å². The molecule has 6 heteroatoms. The van der Waals surface area contributed by atoms with E-state index in [0.29, 0.717) is 16.4 Å². The molecular formula is C25H21NO4S. The highest BCUT2D eigenvalue weighted by Gasteiger charge is 2.25. The molecule has 3 aromatic carbocycles. The van der Waals surface area contributed by atoms with Gasteiger partial charge >= 0.3 is 0 Å². The van der Waals surface area contributed by atoms with E-state index in [4.69, 9.17) is 9.47 Å². The second kappa shape index (κ2) is 9.10. The zero-order chi connectivity index (χ0) is 21.8. The molecule has 0 atom stereocenters. The van der Waals surface area contributed by atoms with Crippen molar-refractivity contribution in [1.29, 1.82) is 0 Å². The van der Waals surface area contributed by atoms with Gasteiger partial charge in [0.1, 0.15) is 0 Å². The molecule has 1 aliphatic heterocycles. The number of allylic oxidation sites excluding steroid dienone is 1. The summed E-state index contributed by atoms with van der Waals surface area (Å²) in [5, 5.41) is 2.81. The van der Waals surface area contributed by atoms with Crippen LogP contribution in [-0.4, -0.2) is 25.4 Å². The Hall–Kier alpha value is -3.51. The summed E-state index contributed by atoms with van der Waals surface area (Å²) in [7, 11) is 1.54. The van der Waals surface area contributed by atoms with Crippen LogP contribution < -0.4 is 14.8 Å². The maximum atomic E-state index is 12.6. The van der Waals surface area contributed by atoms with Crippen LogP contribution in [0.5, 0.6) is 11.5 Å². The highest BCUT2D eigenvalue weighted by molar-refractivity contribution is 8.04. The summed E-state index contributed by atoms with van der Waals surface area (Å²) in [6.45, 7) is 1.82. The lowest BCUT2D eigenvalue weighted by Crippen LogP contribution is -2.20. The number of anilines is 1. The van der Waals surface area contributed by atoms with Crippen LogP contribution in [0.2, 0.25) is 0 Å². The van der Waals surface area contributed by atoms with Crippen LogP contribution in [-0.2, 0) is 4.79 Å². The molecule has 1 N–H and O–H groups in total. The third-order valence-corrected chi connectivity index (χ3v) is 5.82. The molecule has 1 amide bonds. The summed E-state index contributed by atoms with van der Waals surface area (Å²) in [6.07, 6.45) is 1.84. The minimum absolute atomic E-state index is 0.0210. The van der Waals surface area contributed by atoms with E-state index in [0.717, 1.165) is 27.3 Å². The van der Waals surface area contributed by atoms with Gasteiger partial charge in [-0.15, -0.1) is 0 Å². The molecule has 5 nitrogen and oxygen atoms in total. The lowest BCUT2D eigenvalue weighted by molar-refractivity contribution is -0.118. The monoisotopic (exact) mass is 431 g/mol. The number of Topliss-reactive ketones (excluding diaryl/α,β-unsaturated/α-hetero) is 1. The zero-order valence-electron chi connectivity index (χ0n) is 17.2. The summed E-state index contributed by atoms with van der Waals surface area (Å²) >= 11 is 1.46. The molecule has 0 bridgehead atoms. The van der Waals surface area contributed by atoms with Crippen molar-refractivity contribution in [2.75, 3.05) is 19.0 Å². The Kier molecular flexibility index (Phi) is 6.09. The van der Waals surface area contributed by atoms with E-state index in [9.17, 15) is 9.59 Å². The molecule has 0 saturated heterocycles. The SMILES string of the molecule is COc1cc(/C=C2\Sc3ccccc3C2=O)ccc1OCC(=O)Nc1cccc(C)c1. The highest BCUT2D eigenvalue weighted by atomic mass is 32.2. The summed E-state index contributed by atoms with van der Waals surface area (Å²) in [4.78, 5) is 26.4. The molecular weight excluding hydrogens is 410 g/mol. The Balaban J connectivity index is 1.44. The van der Waals surface area contributed by atoms with Crippen LogP contribution >= 0.6 is 11.8 Å². The van der Waals surface area contributed by atoms with Crippen molar-refractivity contribution in [1.82, 2.24) is 0 Å². The molecule has 4 rings (SSSR count). The van der Waals surface area contributed by atoms with Crippen molar-refractivity contribution in [2.24, 2.45) is 0 Å². The molecule has 1 heterocycles. The van der Waals surface area contributed by atoms with Crippen molar-refractivity contribution in [3.63, 3.8) is 0 Å². The van der Waals surface area contributed by atoms with Crippen LogP contribution in [0.1, 0.15) is 21.5 Å². The number of fused-ring (bicyclic) bond motifs is 1. The molecule has 31 heavy (non-hydrogen) atoms. The minimum atomic E-state index is -0.260. The number of carbonyl (C=O) groups is 2. The zero-order valence-corrected chi connectivity index (χ0v) is 18.0. The third-order valence-electron chi connectivity index (χ3n) is 4.72. The quantitative estimate of drug-likeness (QED) is 0.533. The van der Waals surface area contributed by atoms with E-state index in [1.165, 1.54) is 18.9 Å². The van der Waals surface area contributed by atoms with Gasteiger partial charge < -0.3 is 14.8 Å². The van der Waals surface area contributed by atoms with Crippen molar-refractivity contribution in [3.05, 3.63) is 88.3 Å². The number of nitrogens with one attached hydrogen (secondary N) is 1. The van der Waals surface area contributed by atoms with Gasteiger partial charge in [-0.2, -0.15) is 0 Å². The Labute approximate surface area is 185 Å². The minimum Gasteiger partial charge on any atom is -0.493 e. The average Bonchev–Trinajstić information content (AvgIpc) is 3.08. The predicted molar refractivity (Wildman–Crippen MR) is 123 cm³/mol. The number of rotatable bonds is 6. The first-order chi connectivity index (χ1) is 15.0. The van der Waals surface area contributed by atoms with E-state index >= 15 is 0 Å². The first-order valence-electron chi connectivity index (χ1n) is 9.74. The highest BCUT2D eigenvalue weighted by Crippen LogP contribution is 2.41. The first kappa shape index (κ1) is 20.8. The fourth-order valence-electron chi connectivity index (χ4n) is 3.24.